The van der Waals surface area contributed by atoms with Crippen LogP contribution in [0.3, 0.4) is 0 Å². The van der Waals surface area contributed by atoms with Crippen LogP contribution in [0.2, 0.25) is 0 Å². The minimum absolute atomic E-state index is 0.0400. The highest BCUT2D eigenvalue weighted by Crippen LogP contribution is 2.18. The lowest BCUT2D eigenvalue weighted by molar-refractivity contribution is 0.0985. The molecule has 0 atom stereocenters. The summed E-state index contributed by atoms with van der Waals surface area (Å²) in [5, 5.41) is 5.37. The molecule has 1 heterocycles. The SMILES string of the molecule is COc1ccc(NC(=O)c2nsnc2C(=O)Nc2ccc(OC)cc2)cc1. The number of aromatic nitrogens is 2. The monoisotopic (exact) mass is 384 g/mol. The van der Waals surface area contributed by atoms with Gasteiger partial charge in [-0.25, -0.2) is 0 Å². The molecular formula is C18H16N4O4S. The maximum absolute atomic E-state index is 12.5. The van der Waals surface area contributed by atoms with E-state index in [1.807, 2.05) is 0 Å². The third kappa shape index (κ3) is 4.39. The predicted molar refractivity (Wildman–Crippen MR) is 102 cm³/mol. The second kappa shape index (κ2) is 8.28. The van der Waals surface area contributed by atoms with Crippen molar-refractivity contribution < 1.29 is 19.1 Å². The quantitative estimate of drug-likeness (QED) is 0.677. The van der Waals surface area contributed by atoms with Crippen LogP contribution in [-0.4, -0.2) is 34.8 Å². The van der Waals surface area contributed by atoms with Crippen molar-refractivity contribution in [3.8, 4) is 11.5 Å². The summed E-state index contributed by atoms with van der Waals surface area (Å²) in [6.45, 7) is 0. The van der Waals surface area contributed by atoms with E-state index in [4.69, 9.17) is 9.47 Å². The summed E-state index contributed by atoms with van der Waals surface area (Å²) in [6, 6.07) is 13.6. The summed E-state index contributed by atoms with van der Waals surface area (Å²) in [5.41, 5.74) is 1.02. The average Bonchev–Trinajstić information content (AvgIpc) is 3.19. The lowest BCUT2D eigenvalue weighted by atomic mass is 10.2. The van der Waals surface area contributed by atoms with E-state index >= 15 is 0 Å². The second-order valence-electron chi connectivity index (χ2n) is 5.33. The van der Waals surface area contributed by atoms with E-state index in [2.05, 4.69) is 19.4 Å². The van der Waals surface area contributed by atoms with Crippen LogP contribution in [0.25, 0.3) is 0 Å². The lowest BCUT2D eigenvalue weighted by Crippen LogP contribution is -2.20. The molecule has 138 valence electrons. The van der Waals surface area contributed by atoms with Crippen molar-refractivity contribution in [2.75, 3.05) is 24.9 Å². The van der Waals surface area contributed by atoms with Gasteiger partial charge in [0.25, 0.3) is 11.8 Å². The number of benzene rings is 2. The Morgan fingerprint density at radius 3 is 1.44 bits per heavy atom. The minimum Gasteiger partial charge on any atom is -0.497 e. The minimum atomic E-state index is -0.520. The van der Waals surface area contributed by atoms with Gasteiger partial charge in [0.15, 0.2) is 11.4 Å². The van der Waals surface area contributed by atoms with Crippen LogP contribution in [-0.2, 0) is 0 Å². The standard InChI is InChI=1S/C18H16N4O4S/c1-25-13-7-3-11(4-8-13)19-17(23)15-16(22-27-21-15)18(24)20-12-5-9-14(26-2)10-6-12/h3-10H,1-2H3,(H,19,23)(H,20,24). The normalized spacial score (nSPS) is 10.1. The maximum Gasteiger partial charge on any atom is 0.277 e. The summed E-state index contributed by atoms with van der Waals surface area (Å²) in [5.74, 6) is 0.299. The van der Waals surface area contributed by atoms with Crippen molar-refractivity contribution in [2.45, 2.75) is 0 Å². The fourth-order valence-electron chi connectivity index (χ4n) is 2.22. The largest absolute Gasteiger partial charge is 0.497 e. The van der Waals surface area contributed by atoms with Crippen LogP contribution in [0.5, 0.6) is 11.5 Å². The van der Waals surface area contributed by atoms with Crippen LogP contribution in [0.15, 0.2) is 48.5 Å². The van der Waals surface area contributed by atoms with Gasteiger partial charge in [-0.1, -0.05) is 0 Å². The zero-order chi connectivity index (χ0) is 19.2. The highest BCUT2D eigenvalue weighted by atomic mass is 32.1. The first kappa shape index (κ1) is 18.3. The van der Waals surface area contributed by atoms with Crippen LogP contribution in [0.1, 0.15) is 21.0 Å². The van der Waals surface area contributed by atoms with Gasteiger partial charge in [0, 0.05) is 11.4 Å². The molecule has 9 heteroatoms. The van der Waals surface area contributed by atoms with Crippen molar-refractivity contribution >= 4 is 34.9 Å². The van der Waals surface area contributed by atoms with Gasteiger partial charge in [-0.05, 0) is 48.5 Å². The van der Waals surface area contributed by atoms with Gasteiger partial charge in [0.05, 0.1) is 25.9 Å². The highest BCUT2D eigenvalue weighted by Gasteiger charge is 2.22. The van der Waals surface area contributed by atoms with E-state index in [9.17, 15) is 9.59 Å². The summed E-state index contributed by atoms with van der Waals surface area (Å²) >= 11 is 0.794. The molecule has 1 aromatic heterocycles. The lowest BCUT2D eigenvalue weighted by Gasteiger charge is -2.07. The van der Waals surface area contributed by atoms with E-state index in [0.29, 0.717) is 22.9 Å². The number of ether oxygens (including phenoxy) is 2. The predicted octanol–water partition coefficient (Wildman–Crippen LogP) is 3.06. The molecule has 0 unspecified atom stereocenters. The molecule has 2 amide bonds. The molecule has 0 aliphatic carbocycles. The zero-order valence-corrected chi connectivity index (χ0v) is 15.4. The number of rotatable bonds is 6. The third-order valence-electron chi connectivity index (χ3n) is 3.61. The highest BCUT2D eigenvalue weighted by molar-refractivity contribution is 6.99. The van der Waals surface area contributed by atoms with Crippen molar-refractivity contribution in [3.63, 3.8) is 0 Å². The number of methoxy groups -OCH3 is 2. The first-order valence-electron chi connectivity index (χ1n) is 7.84. The van der Waals surface area contributed by atoms with E-state index in [1.54, 1.807) is 62.8 Å². The van der Waals surface area contributed by atoms with Gasteiger partial charge in [0.1, 0.15) is 11.5 Å². The molecule has 0 radical (unpaired) electrons. The Labute approximate surface area is 159 Å². The van der Waals surface area contributed by atoms with E-state index in [-0.39, 0.29) is 11.4 Å². The molecule has 0 aliphatic rings. The second-order valence-corrected chi connectivity index (χ2v) is 5.86. The molecular weight excluding hydrogens is 368 g/mol. The zero-order valence-electron chi connectivity index (χ0n) is 14.6. The molecule has 0 bridgehead atoms. The van der Waals surface area contributed by atoms with E-state index in [0.717, 1.165) is 11.7 Å². The Bertz CT molecular complexity index is 863. The van der Waals surface area contributed by atoms with Gasteiger partial charge in [0.2, 0.25) is 0 Å². The Morgan fingerprint density at radius 1 is 0.741 bits per heavy atom. The number of carbonyl (C=O) groups excluding carboxylic acids is 2. The summed E-state index contributed by atoms with van der Waals surface area (Å²) in [6.07, 6.45) is 0. The molecule has 0 fully saturated rings. The number of hydrogen-bond donors (Lipinski definition) is 2. The first-order chi connectivity index (χ1) is 13.1. The van der Waals surface area contributed by atoms with Gasteiger partial charge in [-0.3, -0.25) is 9.59 Å². The first-order valence-corrected chi connectivity index (χ1v) is 8.57. The Balaban J connectivity index is 1.71. The van der Waals surface area contributed by atoms with Crippen molar-refractivity contribution in [3.05, 3.63) is 59.9 Å². The smallest absolute Gasteiger partial charge is 0.277 e. The number of nitrogens with zero attached hydrogens (tertiary/aromatic N) is 2. The molecule has 3 rings (SSSR count). The average molecular weight is 384 g/mol. The van der Waals surface area contributed by atoms with Gasteiger partial charge in [-0.15, -0.1) is 0 Å². The van der Waals surface area contributed by atoms with E-state index in [1.165, 1.54) is 0 Å². The number of amides is 2. The molecule has 0 saturated carbocycles. The number of carbonyl (C=O) groups is 2. The molecule has 3 aromatic rings. The topological polar surface area (TPSA) is 102 Å². The Hall–Kier alpha value is -3.46. The van der Waals surface area contributed by atoms with Gasteiger partial charge < -0.3 is 20.1 Å². The molecule has 2 N–H and O–H groups in total. The van der Waals surface area contributed by atoms with Crippen molar-refractivity contribution in [1.29, 1.82) is 0 Å². The maximum atomic E-state index is 12.5. The Morgan fingerprint density at radius 2 is 1.11 bits per heavy atom. The van der Waals surface area contributed by atoms with Crippen LogP contribution >= 0.6 is 11.7 Å². The van der Waals surface area contributed by atoms with Crippen molar-refractivity contribution in [1.82, 2.24) is 8.75 Å². The number of nitrogens with one attached hydrogen (secondary N) is 2. The Kier molecular flexibility index (Phi) is 5.62. The number of anilines is 2. The fourth-order valence-corrected chi connectivity index (χ4v) is 2.76. The van der Waals surface area contributed by atoms with Crippen LogP contribution in [0, 0.1) is 0 Å². The fraction of sp³-hybridized carbons (Fsp3) is 0.111. The van der Waals surface area contributed by atoms with Crippen LogP contribution < -0.4 is 20.1 Å². The molecule has 0 aliphatic heterocycles. The van der Waals surface area contributed by atoms with Gasteiger partial charge >= 0.3 is 0 Å². The summed E-state index contributed by atoms with van der Waals surface area (Å²) in [7, 11) is 3.12. The number of hydrogen-bond acceptors (Lipinski definition) is 7. The molecule has 0 saturated heterocycles. The summed E-state index contributed by atoms with van der Waals surface area (Å²) in [4.78, 5) is 24.9. The molecule has 2 aromatic carbocycles. The van der Waals surface area contributed by atoms with Gasteiger partial charge in [-0.2, -0.15) is 8.75 Å². The third-order valence-corrected chi connectivity index (χ3v) is 4.14. The summed E-state index contributed by atoms with van der Waals surface area (Å²) < 4.78 is 18.0. The molecule has 0 spiro atoms. The molecule has 27 heavy (non-hydrogen) atoms. The van der Waals surface area contributed by atoms with Crippen LogP contribution in [0.4, 0.5) is 11.4 Å². The molecule has 8 nitrogen and oxygen atoms in total. The van der Waals surface area contributed by atoms with Crippen molar-refractivity contribution in [2.24, 2.45) is 0 Å². The van der Waals surface area contributed by atoms with E-state index < -0.39 is 11.8 Å².